The Bertz CT molecular complexity index is 1130. The van der Waals surface area contributed by atoms with Gasteiger partial charge in [-0.05, 0) is 30.9 Å². The van der Waals surface area contributed by atoms with Crippen molar-refractivity contribution >= 4 is 11.7 Å². The molecule has 1 amide bonds. The summed E-state index contributed by atoms with van der Waals surface area (Å²) in [6, 6.07) is 3.05. The zero-order valence-electron chi connectivity index (χ0n) is 17.5. The van der Waals surface area contributed by atoms with Crippen molar-refractivity contribution in [1.82, 2.24) is 9.58 Å². The fourth-order valence-electron chi connectivity index (χ4n) is 4.07. The van der Waals surface area contributed by atoms with E-state index in [1.165, 1.54) is 21.8 Å². The molecule has 1 fully saturated rings. The number of fused-ring (bicyclic) bond motifs is 1. The second kappa shape index (κ2) is 8.70. The molecule has 1 atom stereocenters. The minimum atomic E-state index is -0.957. The number of rotatable bonds is 6. The molecule has 2 aliphatic heterocycles. The van der Waals surface area contributed by atoms with Gasteiger partial charge < -0.3 is 14.7 Å². The number of ether oxygens (including phenoxy) is 1. The van der Waals surface area contributed by atoms with E-state index in [0.29, 0.717) is 13.2 Å². The summed E-state index contributed by atoms with van der Waals surface area (Å²) in [7, 11) is 1.66. The largest absolute Gasteiger partial charge is 0.502 e. The van der Waals surface area contributed by atoms with Gasteiger partial charge in [0.15, 0.2) is 17.2 Å². The van der Waals surface area contributed by atoms with Crippen LogP contribution in [0.15, 0.2) is 29.2 Å². The summed E-state index contributed by atoms with van der Waals surface area (Å²) in [5.74, 6) is -3.46. The van der Waals surface area contributed by atoms with Gasteiger partial charge in [-0.25, -0.2) is 8.78 Å². The number of amides is 1. The Morgan fingerprint density at radius 1 is 1.28 bits per heavy atom. The lowest BCUT2D eigenvalue weighted by molar-refractivity contribution is 0.0465. The third kappa shape index (κ3) is 4.10. The van der Waals surface area contributed by atoms with Crippen LogP contribution in [0.5, 0.6) is 5.75 Å². The van der Waals surface area contributed by atoms with E-state index in [9.17, 15) is 28.3 Å². The van der Waals surface area contributed by atoms with Gasteiger partial charge in [0.1, 0.15) is 18.3 Å². The van der Waals surface area contributed by atoms with Gasteiger partial charge in [-0.15, -0.1) is 0 Å². The normalized spacial score (nSPS) is 18.2. The van der Waals surface area contributed by atoms with Crippen molar-refractivity contribution < 1.29 is 28.2 Å². The van der Waals surface area contributed by atoms with Crippen molar-refractivity contribution in [2.75, 3.05) is 31.9 Å². The third-order valence-corrected chi connectivity index (χ3v) is 5.78. The fourth-order valence-corrected chi connectivity index (χ4v) is 4.07. The molecular weight excluding hydrogens is 424 g/mol. The number of halogens is 2. The molecule has 170 valence electrons. The highest BCUT2D eigenvalue weighted by Gasteiger charge is 2.34. The number of aryl methyl sites for hydroxylation is 1. The quantitative estimate of drug-likeness (QED) is 0.680. The molecule has 2 aliphatic rings. The molecule has 0 radical (unpaired) electrons. The first-order chi connectivity index (χ1) is 15.3. The number of aromatic nitrogens is 1. The molecule has 0 spiro atoms. The second-order valence-corrected chi connectivity index (χ2v) is 8.03. The summed E-state index contributed by atoms with van der Waals surface area (Å²) < 4.78 is 33.8. The Labute approximate surface area is 182 Å². The number of hydrogen-bond donors (Lipinski definition) is 1. The molecule has 2 aromatic rings. The topological polar surface area (TPSA) is 92.1 Å². The first-order valence-electron chi connectivity index (χ1n) is 10.3. The number of carbonyl (C=O) groups is 2. The van der Waals surface area contributed by atoms with E-state index < -0.39 is 34.5 Å². The first kappa shape index (κ1) is 21.9. The van der Waals surface area contributed by atoms with Crippen molar-refractivity contribution in [3.63, 3.8) is 0 Å². The lowest BCUT2D eigenvalue weighted by atomic mass is 10.0. The number of aromatic hydroxyl groups is 1. The molecule has 3 heterocycles. The van der Waals surface area contributed by atoms with Gasteiger partial charge in [-0.1, -0.05) is 6.07 Å². The average molecular weight is 447 g/mol. The van der Waals surface area contributed by atoms with Gasteiger partial charge in [0.25, 0.3) is 5.91 Å². The number of carbonyl (C=O) groups excluding carboxylic acids is 2. The monoisotopic (exact) mass is 447 g/mol. The molecule has 32 heavy (non-hydrogen) atoms. The molecule has 0 bridgehead atoms. The van der Waals surface area contributed by atoms with Gasteiger partial charge in [0.05, 0.1) is 11.7 Å². The lowest BCUT2D eigenvalue weighted by Gasteiger charge is -2.38. The van der Waals surface area contributed by atoms with Crippen LogP contribution in [-0.4, -0.2) is 59.3 Å². The van der Waals surface area contributed by atoms with Crippen LogP contribution in [0.25, 0.3) is 0 Å². The number of Topliss-reactive ketones (excluding diaryl/α,β-unsaturated/α-hetero) is 1. The van der Waals surface area contributed by atoms with Gasteiger partial charge in [-0.2, -0.15) is 0 Å². The Kier molecular flexibility index (Phi) is 5.96. The predicted octanol–water partition coefficient (Wildman–Crippen LogP) is 1.81. The maximum Gasteiger partial charge on any atom is 0.277 e. The van der Waals surface area contributed by atoms with Crippen LogP contribution in [0.2, 0.25) is 0 Å². The summed E-state index contributed by atoms with van der Waals surface area (Å²) in [5, 5.41) is 12.1. The highest BCUT2D eigenvalue weighted by atomic mass is 19.1. The van der Waals surface area contributed by atoms with E-state index in [4.69, 9.17) is 4.74 Å². The van der Waals surface area contributed by atoms with Crippen LogP contribution in [0.1, 0.15) is 45.7 Å². The summed E-state index contributed by atoms with van der Waals surface area (Å²) in [6.07, 6.45) is 2.60. The molecule has 0 aliphatic carbocycles. The Morgan fingerprint density at radius 2 is 2.06 bits per heavy atom. The van der Waals surface area contributed by atoms with Gasteiger partial charge in [0.2, 0.25) is 5.43 Å². The van der Waals surface area contributed by atoms with E-state index in [1.54, 1.807) is 12.1 Å². The van der Waals surface area contributed by atoms with E-state index in [0.717, 1.165) is 25.0 Å². The van der Waals surface area contributed by atoms with Crippen LogP contribution >= 0.6 is 0 Å². The number of pyridine rings is 1. The molecular formula is C22H23F2N3O5. The molecule has 4 rings (SSSR count). The van der Waals surface area contributed by atoms with E-state index in [1.807, 2.05) is 0 Å². The molecule has 0 saturated carbocycles. The SMILES string of the molecule is CN1CN(CC2CCCO2)C(=O)c2c(O)c(=O)c(C(=O)CCc3ccc(F)cc3F)cn21. The molecule has 10 heteroatoms. The average Bonchev–Trinajstić information content (AvgIpc) is 3.26. The maximum atomic E-state index is 13.8. The smallest absolute Gasteiger partial charge is 0.277 e. The maximum absolute atomic E-state index is 13.8. The minimum Gasteiger partial charge on any atom is -0.502 e. The zero-order valence-corrected chi connectivity index (χ0v) is 17.5. The number of nitrogens with zero attached hydrogens (tertiary/aromatic N) is 3. The summed E-state index contributed by atoms with van der Waals surface area (Å²) >= 11 is 0. The minimum absolute atomic E-state index is 0.0448. The van der Waals surface area contributed by atoms with Crippen LogP contribution < -0.4 is 10.4 Å². The van der Waals surface area contributed by atoms with E-state index in [-0.39, 0.29) is 42.4 Å². The van der Waals surface area contributed by atoms with Crippen molar-refractivity contribution in [3.8, 4) is 5.75 Å². The van der Waals surface area contributed by atoms with Crippen LogP contribution in [0.4, 0.5) is 8.78 Å². The Hall–Kier alpha value is -3.27. The molecule has 1 unspecified atom stereocenters. The predicted molar refractivity (Wildman–Crippen MR) is 110 cm³/mol. The van der Waals surface area contributed by atoms with E-state index >= 15 is 0 Å². The van der Waals surface area contributed by atoms with Gasteiger partial charge in [0, 0.05) is 38.9 Å². The summed E-state index contributed by atoms with van der Waals surface area (Å²) in [5.41, 5.74) is -1.34. The van der Waals surface area contributed by atoms with Crippen molar-refractivity contribution in [2.24, 2.45) is 0 Å². The second-order valence-electron chi connectivity index (χ2n) is 8.03. The number of hydrogen-bond acceptors (Lipinski definition) is 6. The highest BCUT2D eigenvalue weighted by molar-refractivity contribution is 6.00. The molecule has 1 saturated heterocycles. The molecule has 1 N–H and O–H groups in total. The van der Waals surface area contributed by atoms with Crippen molar-refractivity contribution in [2.45, 2.75) is 31.8 Å². The number of benzene rings is 1. The molecule has 8 nitrogen and oxygen atoms in total. The van der Waals surface area contributed by atoms with Gasteiger partial charge >= 0.3 is 0 Å². The van der Waals surface area contributed by atoms with Crippen molar-refractivity contribution in [1.29, 1.82) is 0 Å². The lowest BCUT2D eigenvalue weighted by Crippen LogP contribution is -2.54. The zero-order chi connectivity index (χ0) is 23.0. The third-order valence-electron chi connectivity index (χ3n) is 5.78. The summed E-state index contributed by atoms with van der Waals surface area (Å²) in [4.78, 5) is 39.8. The van der Waals surface area contributed by atoms with Crippen LogP contribution in [-0.2, 0) is 11.2 Å². The van der Waals surface area contributed by atoms with E-state index in [2.05, 4.69) is 0 Å². The Balaban J connectivity index is 1.57. The molecule has 1 aromatic carbocycles. The first-order valence-corrected chi connectivity index (χ1v) is 10.3. The van der Waals surface area contributed by atoms with Crippen LogP contribution in [0.3, 0.4) is 0 Å². The van der Waals surface area contributed by atoms with Crippen LogP contribution in [0, 0.1) is 11.6 Å². The fraction of sp³-hybridized carbons (Fsp3) is 0.409. The number of ketones is 1. The standard InChI is InChI=1S/C22H23F2N3O5/c1-25-12-26(10-15-3-2-8-32-15)22(31)19-21(30)20(29)16(11-27(19)25)18(28)7-5-13-4-6-14(23)9-17(13)24/h4,6,9,11,15,30H,2-3,5,7-8,10,12H2,1H3. The molecule has 1 aromatic heterocycles. The Morgan fingerprint density at radius 3 is 2.75 bits per heavy atom. The van der Waals surface area contributed by atoms with Crippen molar-refractivity contribution in [3.05, 3.63) is 63.1 Å². The van der Waals surface area contributed by atoms with Gasteiger partial charge in [-0.3, -0.25) is 24.1 Å². The highest BCUT2D eigenvalue weighted by Crippen LogP contribution is 2.23. The summed E-state index contributed by atoms with van der Waals surface area (Å²) in [6.45, 7) is 1.15.